The summed E-state index contributed by atoms with van der Waals surface area (Å²) in [6, 6.07) is 8.50. The van der Waals surface area contributed by atoms with E-state index in [9.17, 15) is 5.11 Å². The second-order valence-corrected chi connectivity index (χ2v) is 7.08. The maximum atomic E-state index is 10.6. The van der Waals surface area contributed by atoms with Gasteiger partial charge in [0.25, 0.3) is 0 Å². The van der Waals surface area contributed by atoms with E-state index >= 15 is 0 Å². The Kier molecular flexibility index (Phi) is 4.45. The molecular formula is C19H28O. The van der Waals surface area contributed by atoms with Crippen LogP contribution in [0.5, 0.6) is 0 Å². The SMILES string of the molecule is Cc1ccccc1CC(O)C1CCC2CCCCC2C1. The quantitative estimate of drug-likeness (QED) is 0.858. The first-order chi connectivity index (χ1) is 9.74. The highest BCUT2D eigenvalue weighted by Gasteiger charge is 2.34. The van der Waals surface area contributed by atoms with Gasteiger partial charge in [-0.2, -0.15) is 0 Å². The highest BCUT2D eigenvalue weighted by molar-refractivity contribution is 5.26. The van der Waals surface area contributed by atoms with Gasteiger partial charge in [0.2, 0.25) is 0 Å². The Hall–Kier alpha value is -0.820. The van der Waals surface area contributed by atoms with Gasteiger partial charge in [-0.1, -0.05) is 49.9 Å². The molecule has 2 aliphatic rings. The third-order valence-electron chi connectivity index (χ3n) is 5.81. The van der Waals surface area contributed by atoms with Gasteiger partial charge in [0.1, 0.15) is 0 Å². The Balaban J connectivity index is 1.60. The lowest BCUT2D eigenvalue weighted by atomic mass is 9.66. The van der Waals surface area contributed by atoms with Crippen LogP contribution in [0.4, 0.5) is 0 Å². The van der Waals surface area contributed by atoms with Crippen LogP contribution >= 0.6 is 0 Å². The van der Waals surface area contributed by atoms with Gasteiger partial charge < -0.3 is 5.11 Å². The molecule has 0 spiro atoms. The molecule has 3 rings (SSSR count). The molecule has 4 atom stereocenters. The van der Waals surface area contributed by atoms with Crippen LogP contribution in [0, 0.1) is 24.7 Å². The Morgan fingerprint density at radius 2 is 1.80 bits per heavy atom. The molecule has 110 valence electrons. The Labute approximate surface area is 123 Å². The molecule has 0 heterocycles. The molecular weight excluding hydrogens is 244 g/mol. The van der Waals surface area contributed by atoms with Gasteiger partial charge in [-0.25, -0.2) is 0 Å². The zero-order valence-electron chi connectivity index (χ0n) is 12.7. The van der Waals surface area contributed by atoms with Gasteiger partial charge in [-0.3, -0.25) is 0 Å². The van der Waals surface area contributed by atoms with Crippen LogP contribution in [0.25, 0.3) is 0 Å². The van der Waals surface area contributed by atoms with E-state index in [1.165, 1.54) is 56.1 Å². The molecule has 2 fully saturated rings. The molecule has 0 saturated heterocycles. The summed E-state index contributed by atoms with van der Waals surface area (Å²) in [6.45, 7) is 2.15. The number of aryl methyl sites for hydroxylation is 1. The minimum absolute atomic E-state index is 0.140. The minimum atomic E-state index is -0.140. The van der Waals surface area contributed by atoms with Crippen molar-refractivity contribution < 1.29 is 5.11 Å². The van der Waals surface area contributed by atoms with Gasteiger partial charge in [0.05, 0.1) is 6.10 Å². The van der Waals surface area contributed by atoms with Crippen molar-refractivity contribution in [2.24, 2.45) is 17.8 Å². The Morgan fingerprint density at radius 3 is 2.60 bits per heavy atom. The van der Waals surface area contributed by atoms with Crippen LogP contribution < -0.4 is 0 Å². The number of benzene rings is 1. The van der Waals surface area contributed by atoms with Crippen molar-refractivity contribution in [1.29, 1.82) is 0 Å². The normalized spacial score (nSPS) is 31.6. The first kappa shape index (κ1) is 14.1. The van der Waals surface area contributed by atoms with Crippen molar-refractivity contribution in [3.8, 4) is 0 Å². The van der Waals surface area contributed by atoms with Crippen molar-refractivity contribution in [2.75, 3.05) is 0 Å². The maximum absolute atomic E-state index is 10.6. The number of hydrogen-bond acceptors (Lipinski definition) is 1. The minimum Gasteiger partial charge on any atom is -0.392 e. The van der Waals surface area contributed by atoms with Gasteiger partial charge >= 0.3 is 0 Å². The van der Waals surface area contributed by atoms with Crippen LogP contribution in [0.15, 0.2) is 24.3 Å². The van der Waals surface area contributed by atoms with Crippen LogP contribution in [-0.2, 0) is 6.42 Å². The molecule has 1 nitrogen and oxygen atoms in total. The highest BCUT2D eigenvalue weighted by Crippen LogP contribution is 2.43. The van der Waals surface area contributed by atoms with Crippen molar-refractivity contribution in [2.45, 2.75) is 64.4 Å². The van der Waals surface area contributed by atoms with E-state index in [2.05, 4.69) is 31.2 Å². The molecule has 1 heteroatoms. The number of hydrogen-bond donors (Lipinski definition) is 1. The van der Waals surface area contributed by atoms with E-state index in [1.54, 1.807) is 0 Å². The Morgan fingerprint density at radius 1 is 1.05 bits per heavy atom. The third-order valence-corrected chi connectivity index (χ3v) is 5.81. The monoisotopic (exact) mass is 272 g/mol. The van der Waals surface area contributed by atoms with Gasteiger partial charge in [-0.05, 0) is 61.5 Å². The van der Waals surface area contributed by atoms with Crippen LogP contribution in [0.1, 0.15) is 56.1 Å². The third kappa shape index (κ3) is 3.09. The van der Waals surface area contributed by atoms with Crippen LogP contribution in [0.3, 0.4) is 0 Å². The summed E-state index contributed by atoms with van der Waals surface area (Å²) >= 11 is 0. The molecule has 0 radical (unpaired) electrons. The molecule has 4 unspecified atom stereocenters. The predicted octanol–water partition coefficient (Wildman–Crippen LogP) is 4.50. The molecule has 0 aliphatic heterocycles. The summed E-state index contributed by atoms with van der Waals surface area (Å²) in [4.78, 5) is 0. The molecule has 2 saturated carbocycles. The largest absolute Gasteiger partial charge is 0.392 e. The zero-order chi connectivity index (χ0) is 13.9. The van der Waals surface area contributed by atoms with E-state index in [-0.39, 0.29) is 6.10 Å². The van der Waals surface area contributed by atoms with E-state index < -0.39 is 0 Å². The zero-order valence-corrected chi connectivity index (χ0v) is 12.7. The lowest BCUT2D eigenvalue weighted by molar-refractivity contribution is 0.0360. The van der Waals surface area contributed by atoms with E-state index in [4.69, 9.17) is 0 Å². The second-order valence-electron chi connectivity index (χ2n) is 7.08. The number of fused-ring (bicyclic) bond motifs is 1. The molecule has 0 amide bonds. The molecule has 1 aromatic rings. The van der Waals surface area contributed by atoms with Crippen LogP contribution in [0.2, 0.25) is 0 Å². The molecule has 0 bridgehead atoms. The fourth-order valence-corrected chi connectivity index (χ4v) is 4.49. The Bertz CT molecular complexity index is 439. The summed E-state index contributed by atoms with van der Waals surface area (Å²) in [6.07, 6.45) is 10.3. The van der Waals surface area contributed by atoms with Gasteiger partial charge in [0.15, 0.2) is 0 Å². The van der Waals surface area contributed by atoms with E-state index in [0.29, 0.717) is 5.92 Å². The summed E-state index contributed by atoms with van der Waals surface area (Å²) in [7, 11) is 0. The molecule has 2 aliphatic carbocycles. The fourth-order valence-electron chi connectivity index (χ4n) is 4.49. The van der Waals surface area contributed by atoms with Crippen molar-refractivity contribution in [1.82, 2.24) is 0 Å². The fraction of sp³-hybridized carbons (Fsp3) is 0.684. The molecule has 20 heavy (non-hydrogen) atoms. The number of aliphatic hydroxyl groups excluding tert-OH is 1. The maximum Gasteiger partial charge on any atom is 0.0608 e. The summed E-state index contributed by atoms with van der Waals surface area (Å²) in [5.41, 5.74) is 2.64. The first-order valence-corrected chi connectivity index (χ1v) is 8.46. The van der Waals surface area contributed by atoms with Crippen LogP contribution in [-0.4, -0.2) is 11.2 Å². The summed E-state index contributed by atoms with van der Waals surface area (Å²) in [5, 5.41) is 10.6. The lowest BCUT2D eigenvalue weighted by Gasteiger charge is -2.41. The van der Waals surface area contributed by atoms with E-state index in [1.807, 2.05) is 0 Å². The molecule has 1 N–H and O–H groups in total. The topological polar surface area (TPSA) is 20.2 Å². The van der Waals surface area contributed by atoms with Gasteiger partial charge in [-0.15, -0.1) is 0 Å². The van der Waals surface area contributed by atoms with Crippen molar-refractivity contribution in [3.63, 3.8) is 0 Å². The van der Waals surface area contributed by atoms with E-state index in [0.717, 1.165) is 18.3 Å². The second kappa shape index (κ2) is 6.30. The van der Waals surface area contributed by atoms with Gasteiger partial charge in [0, 0.05) is 0 Å². The molecule has 1 aromatic carbocycles. The average molecular weight is 272 g/mol. The molecule has 0 aromatic heterocycles. The summed E-state index contributed by atoms with van der Waals surface area (Å²) in [5.74, 6) is 2.42. The highest BCUT2D eigenvalue weighted by atomic mass is 16.3. The first-order valence-electron chi connectivity index (χ1n) is 8.46. The predicted molar refractivity (Wildman–Crippen MR) is 83.7 cm³/mol. The number of rotatable bonds is 3. The standard InChI is InChI=1S/C19H28O/c1-14-6-2-3-8-16(14)13-19(20)18-11-10-15-7-4-5-9-17(15)12-18/h2-3,6,8,15,17-20H,4-5,7,9-13H2,1H3. The summed E-state index contributed by atoms with van der Waals surface area (Å²) < 4.78 is 0. The average Bonchev–Trinajstić information content (AvgIpc) is 2.49. The van der Waals surface area contributed by atoms with Crippen molar-refractivity contribution in [3.05, 3.63) is 35.4 Å². The van der Waals surface area contributed by atoms with Crippen molar-refractivity contribution >= 4 is 0 Å². The number of aliphatic hydroxyl groups is 1. The smallest absolute Gasteiger partial charge is 0.0608 e. The lowest BCUT2D eigenvalue weighted by Crippen LogP contribution is -2.34.